The second-order valence-corrected chi connectivity index (χ2v) is 5.83. The molecule has 0 aromatic rings. The average molecular weight is 306 g/mol. The Balaban J connectivity index is 3.27. The van der Waals surface area contributed by atoms with Crippen LogP contribution in [0.2, 0.25) is 0 Å². The van der Waals surface area contributed by atoms with Gasteiger partial charge < -0.3 is 5.11 Å². The van der Waals surface area contributed by atoms with Gasteiger partial charge in [-0.25, -0.2) is 0 Å². The summed E-state index contributed by atoms with van der Waals surface area (Å²) in [4.78, 5) is 10.3. The van der Waals surface area contributed by atoms with E-state index in [0.29, 0.717) is 6.42 Å². The third-order valence-corrected chi connectivity index (χ3v) is 3.63. The van der Waals surface area contributed by atoms with Gasteiger partial charge in [0.2, 0.25) is 0 Å². The SMILES string of the molecule is CCCCCCCCCCC/C=C\CC=C=CCCC(=O)O. The van der Waals surface area contributed by atoms with Crippen LogP contribution < -0.4 is 0 Å². The first-order valence-corrected chi connectivity index (χ1v) is 9.03. The van der Waals surface area contributed by atoms with Gasteiger partial charge in [0.1, 0.15) is 0 Å². The Kier molecular flexibility index (Phi) is 16.8. The van der Waals surface area contributed by atoms with Crippen LogP contribution in [-0.4, -0.2) is 11.1 Å². The van der Waals surface area contributed by atoms with Gasteiger partial charge in [-0.1, -0.05) is 70.4 Å². The largest absolute Gasteiger partial charge is 0.481 e. The molecule has 0 fully saturated rings. The van der Waals surface area contributed by atoms with Crippen molar-refractivity contribution in [2.75, 3.05) is 0 Å². The topological polar surface area (TPSA) is 37.3 Å². The van der Waals surface area contributed by atoms with Crippen LogP contribution in [0.15, 0.2) is 30.0 Å². The van der Waals surface area contributed by atoms with Crippen LogP contribution in [-0.2, 0) is 4.79 Å². The first-order valence-electron chi connectivity index (χ1n) is 9.03. The molecule has 0 amide bonds. The molecule has 0 aliphatic rings. The van der Waals surface area contributed by atoms with Crippen molar-refractivity contribution >= 4 is 5.97 Å². The summed E-state index contributed by atoms with van der Waals surface area (Å²) in [5.74, 6) is -0.751. The maximum Gasteiger partial charge on any atom is 0.303 e. The molecule has 126 valence electrons. The lowest BCUT2D eigenvalue weighted by Crippen LogP contribution is -1.91. The summed E-state index contributed by atoms with van der Waals surface area (Å²) in [6, 6.07) is 0. The van der Waals surface area contributed by atoms with Crippen molar-refractivity contribution in [2.24, 2.45) is 0 Å². The number of carboxylic acids is 1. The van der Waals surface area contributed by atoms with E-state index >= 15 is 0 Å². The Labute approximate surface area is 137 Å². The van der Waals surface area contributed by atoms with E-state index < -0.39 is 5.97 Å². The van der Waals surface area contributed by atoms with Gasteiger partial charge in [0.25, 0.3) is 0 Å². The first kappa shape index (κ1) is 20.7. The van der Waals surface area contributed by atoms with Crippen LogP contribution in [0.4, 0.5) is 0 Å². The molecule has 0 heterocycles. The number of rotatable bonds is 15. The molecule has 0 atom stereocenters. The van der Waals surface area contributed by atoms with Gasteiger partial charge in [-0.15, -0.1) is 5.73 Å². The lowest BCUT2D eigenvalue weighted by atomic mass is 10.1. The van der Waals surface area contributed by atoms with Crippen molar-refractivity contribution in [3.8, 4) is 0 Å². The molecule has 0 spiro atoms. The highest BCUT2D eigenvalue weighted by atomic mass is 16.4. The normalized spacial score (nSPS) is 10.6. The predicted molar refractivity (Wildman–Crippen MR) is 95.1 cm³/mol. The van der Waals surface area contributed by atoms with Crippen LogP contribution in [0, 0.1) is 0 Å². The third-order valence-electron chi connectivity index (χ3n) is 3.63. The molecule has 0 rings (SSSR count). The third kappa shape index (κ3) is 18.7. The molecule has 22 heavy (non-hydrogen) atoms. The van der Waals surface area contributed by atoms with Gasteiger partial charge in [-0.3, -0.25) is 4.79 Å². The van der Waals surface area contributed by atoms with Crippen molar-refractivity contribution < 1.29 is 9.90 Å². The molecule has 0 aliphatic heterocycles. The van der Waals surface area contributed by atoms with E-state index in [0.717, 1.165) is 6.42 Å². The molecule has 0 aromatic carbocycles. The highest BCUT2D eigenvalue weighted by Crippen LogP contribution is 2.10. The molecule has 0 aliphatic carbocycles. The molecule has 0 bridgehead atoms. The molecule has 2 nitrogen and oxygen atoms in total. The Morgan fingerprint density at radius 3 is 2.14 bits per heavy atom. The fourth-order valence-electron chi connectivity index (χ4n) is 2.29. The van der Waals surface area contributed by atoms with E-state index in [1.54, 1.807) is 6.08 Å². The monoisotopic (exact) mass is 306 g/mol. The summed E-state index contributed by atoms with van der Waals surface area (Å²) in [6.07, 6.45) is 23.4. The quantitative estimate of drug-likeness (QED) is 0.215. The number of allylic oxidation sites excluding steroid dienone is 3. The summed E-state index contributed by atoms with van der Waals surface area (Å²) in [5.41, 5.74) is 3.02. The fourth-order valence-corrected chi connectivity index (χ4v) is 2.29. The number of unbranched alkanes of at least 4 members (excludes halogenated alkanes) is 9. The van der Waals surface area contributed by atoms with Crippen molar-refractivity contribution in [2.45, 2.75) is 90.4 Å². The summed E-state index contributed by atoms with van der Waals surface area (Å²) < 4.78 is 0. The molecule has 0 aromatic heterocycles. The Hall–Kier alpha value is -1.27. The Bertz CT molecular complexity index is 336. The molecule has 0 saturated heterocycles. The van der Waals surface area contributed by atoms with Crippen molar-refractivity contribution in [3.05, 3.63) is 30.0 Å². The lowest BCUT2D eigenvalue weighted by Gasteiger charge is -2.00. The Morgan fingerprint density at radius 1 is 0.864 bits per heavy atom. The van der Waals surface area contributed by atoms with Crippen LogP contribution in [0.1, 0.15) is 90.4 Å². The van der Waals surface area contributed by atoms with Gasteiger partial charge >= 0.3 is 5.97 Å². The van der Waals surface area contributed by atoms with E-state index in [9.17, 15) is 4.79 Å². The fraction of sp³-hybridized carbons (Fsp3) is 0.700. The zero-order valence-electron chi connectivity index (χ0n) is 14.4. The van der Waals surface area contributed by atoms with Crippen molar-refractivity contribution in [1.82, 2.24) is 0 Å². The predicted octanol–water partition coefficient (Wildman–Crippen LogP) is 6.43. The van der Waals surface area contributed by atoms with Crippen molar-refractivity contribution in [1.29, 1.82) is 0 Å². The minimum absolute atomic E-state index is 0.190. The summed E-state index contributed by atoms with van der Waals surface area (Å²) >= 11 is 0. The zero-order chi connectivity index (χ0) is 16.3. The minimum Gasteiger partial charge on any atom is -0.481 e. The molecule has 0 unspecified atom stereocenters. The second-order valence-electron chi connectivity index (χ2n) is 5.83. The van der Waals surface area contributed by atoms with Crippen LogP contribution in [0.5, 0.6) is 0 Å². The van der Waals surface area contributed by atoms with Crippen LogP contribution >= 0.6 is 0 Å². The van der Waals surface area contributed by atoms with E-state index in [1.165, 1.54) is 64.2 Å². The summed E-state index contributed by atoms with van der Waals surface area (Å²) in [7, 11) is 0. The number of carboxylic acid groups (broad SMARTS) is 1. The molecular formula is C20H34O2. The van der Waals surface area contributed by atoms with Crippen molar-refractivity contribution in [3.63, 3.8) is 0 Å². The zero-order valence-corrected chi connectivity index (χ0v) is 14.4. The minimum atomic E-state index is -0.751. The van der Waals surface area contributed by atoms with E-state index in [-0.39, 0.29) is 6.42 Å². The molecule has 0 radical (unpaired) electrons. The molecule has 2 heteroatoms. The van der Waals surface area contributed by atoms with Crippen LogP contribution in [0.25, 0.3) is 0 Å². The number of aliphatic carboxylic acids is 1. The highest BCUT2D eigenvalue weighted by Gasteiger charge is 1.91. The Morgan fingerprint density at radius 2 is 1.50 bits per heavy atom. The van der Waals surface area contributed by atoms with Crippen LogP contribution in [0.3, 0.4) is 0 Å². The maximum atomic E-state index is 10.3. The molecular weight excluding hydrogens is 272 g/mol. The van der Waals surface area contributed by atoms with E-state index in [2.05, 4.69) is 24.8 Å². The molecule has 0 saturated carbocycles. The van der Waals surface area contributed by atoms with Gasteiger partial charge in [-0.2, -0.15) is 0 Å². The standard InChI is InChI=1S/C20H34O2/c1-2-3-4-5-6-7-8-9-10-11-12-13-14-15-16-17-18-19-20(21)22/h12-13,15,17H,2-11,14,18-19H2,1H3,(H,21,22)/b13-12-. The van der Waals surface area contributed by atoms with E-state index in [4.69, 9.17) is 5.11 Å². The summed E-state index contributed by atoms with van der Waals surface area (Å²) in [5, 5.41) is 8.47. The molecule has 1 N–H and O–H groups in total. The van der Waals surface area contributed by atoms with E-state index in [1.807, 2.05) is 6.08 Å². The number of hydrogen-bond acceptors (Lipinski definition) is 1. The second kappa shape index (κ2) is 17.8. The highest BCUT2D eigenvalue weighted by molar-refractivity contribution is 5.66. The number of carbonyl (C=O) groups is 1. The smallest absolute Gasteiger partial charge is 0.303 e. The van der Waals surface area contributed by atoms with Gasteiger partial charge in [-0.05, 0) is 37.8 Å². The lowest BCUT2D eigenvalue weighted by molar-refractivity contribution is -0.136. The first-order chi connectivity index (χ1) is 10.8. The van der Waals surface area contributed by atoms with Gasteiger partial charge in [0.15, 0.2) is 0 Å². The summed E-state index contributed by atoms with van der Waals surface area (Å²) in [6.45, 7) is 2.26. The number of hydrogen-bond donors (Lipinski definition) is 1. The van der Waals surface area contributed by atoms with Gasteiger partial charge in [0, 0.05) is 6.42 Å². The van der Waals surface area contributed by atoms with Gasteiger partial charge in [0.05, 0.1) is 0 Å². The maximum absolute atomic E-state index is 10.3. The average Bonchev–Trinajstić information content (AvgIpc) is 2.50.